The predicted octanol–water partition coefficient (Wildman–Crippen LogP) is 4.76. The second kappa shape index (κ2) is 7.39. The molecule has 0 spiro atoms. The summed E-state index contributed by atoms with van der Waals surface area (Å²) in [6.07, 6.45) is 6.72. The molecule has 0 radical (unpaired) electrons. The first-order chi connectivity index (χ1) is 16.3. The Morgan fingerprint density at radius 1 is 1.24 bits per heavy atom. The third-order valence-electron chi connectivity index (χ3n) is 7.96. The van der Waals surface area contributed by atoms with Gasteiger partial charge in [-0.3, -0.25) is 9.48 Å². The second-order valence-electron chi connectivity index (χ2n) is 10.7. The third kappa shape index (κ3) is 2.95. The predicted molar refractivity (Wildman–Crippen MR) is 131 cm³/mol. The maximum atomic E-state index is 13.7. The fraction of sp³-hybridized carbons (Fsp3) is 0.481. The number of fused-ring (bicyclic) bond motifs is 2. The van der Waals surface area contributed by atoms with Crippen molar-refractivity contribution in [1.29, 1.82) is 0 Å². The summed E-state index contributed by atoms with van der Waals surface area (Å²) in [5.41, 5.74) is 7.72. The molecular formula is C27H32N6O. The van der Waals surface area contributed by atoms with E-state index in [-0.39, 0.29) is 17.6 Å². The van der Waals surface area contributed by atoms with Crippen LogP contribution in [0.2, 0.25) is 0 Å². The number of amides is 1. The summed E-state index contributed by atoms with van der Waals surface area (Å²) in [6, 6.07) is 8.73. The molecule has 0 saturated heterocycles. The molecule has 5 heterocycles. The van der Waals surface area contributed by atoms with E-state index >= 15 is 0 Å². The van der Waals surface area contributed by atoms with E-state index in [0.717, 1.165) is 59.5 Å². The molecule has 1 aromatic heterocycles. The molecule has 34 heavy (non-hydrogen) atoms. The Hall–Kier alpha value is -3.22. The van der Waals surface area contributed by atoms with Gasteiger partial charge in [0.15, 0.2) is 6.17 Å². The minimum absolute atomic E-state index is 0.000402. The monoisotopic (exact) mass is 456 g/mol. The number of aromatic nitrogens is 2. The summed E-state index contributed by atoms with van der Waals surface area (Å²) >= 11 is 0. The molecule has 6 rings (SSSR count). The molecule has 2 aromatic rings. The van der Waals surface area contributed by atoms with Gasteiger partial charge in [-0.05, 0) is 63.6 Å². The SMILES string of the molecule is CC[C@@]1(c2cccc(-c3cnn4c3CCCC4)c2)C2=C(CC(C)(C)NC2=O)NC2N=NC(C)=C21. The first kappa shape index (κ1) is 21.3. The highest BCUT2D eigenvalue weighted by Gasteiger charge is 2.54. The van der Waals surface area contributed by atoms with E-state index in [4.69, 9.17) is 0 Å². The Labute approximate surface area is 200 Å². The Bertz CT molecular complexity index is 1300. The highest BCUT2D eigenvalue weighted by atomic mass is 16.2. The van der Waals surface area contributed by atoms with Crippen LogP contribution in [0.25, 0.3) is 11.1 Å². The van der Waals surface area contributed by atoms with E-state index < -0.39 is 5.41 Å². The van der Waals surface area contributed by atoms with E-state index in [1.165, 1.54) is 24.1 Å². The van der Waals surface area contributed by atoms with Gasteiger partial charge in [0.25, 0.3) is 5.91 Å². The Morgan fingerprint density at radius 3 is 2.91 bits per heavy atom. The topological polar surface area (TPSA) is 83.7 Å². The smallest absolute Gasteiger partial charge is 0.250 e. The number of nitrogens with zero attached hydrogens (tertiary/aromatic N) is 4. The summed E-state index contributed by atoms with van der Waals surface area (Å²) in [4.78, 5) is 13.7. The van der Waals surface area contributed by atoms with Crippen LogP contribution in [-0.4, -0.2) is 27.4 Å². The molecule has 7 heteroatoms. The van der Waals surface area contributed by atoms with E-state index in [1.807, 2.05) is 13.1 Å². The van der Waals surface area contributed by atoms with Crippen molar-refractivity contribution in [2.45, 2.75) is 83.5 Å². The Kier molecular flexibility index (Phi) is 4.63. The number of hydrogen-bond acceptors (Lipinski definition) is 5. The van der Waals surface area contributed by atoms with Crippen molar-refractivity contribution in [3.63, 3.8) is 0 Å². The lowest BCUT2D eigenvalue weighted by molar-refractivity contribution is -0.120. The fourth-order valence-electron chi connectivity index (χ4n) is 6.54. The van der Waals surface area contributed by atoms with Crippen molar-refractivity contribution in [3.05, 3.63) is 64.3 Å². The van der Waals surface area contributed by atoms with Crippen LogP contribution >= 0.6 is 0 Å². The van der Waals surface area contributed by atoms with Crippen LogP contribution < -0.4 is 10.6 Å². The van der Waals surface area contributed by atoms with Gasteiger partial charge < -0.3 is 10.6 Å². The highest BCUT2D eigenvalue weighted by molar-refractivity contribution is 6.00. The maximum absolute atomic E-state index is 13.7. The zero-order chi connectivity index (χ0) is 23.7. The second-order valence-corrected chi connectivity index (χ2v) is 10.7. The summed E-state index contributed by atoms with van der Waals surface area (Å²) < 4.78 is 2.15. The standard InChI is InChI=1S/C27H32N6O/c1-5-27(18-10-8-9-17(13-18)19-15-28-33-12-7-6-11-21(19)33)22-16(2)31-32-24(22)29-20-14-26(3,4)30-25(34)23(20)27/h8-10,13,15,24,29H,5-7,11-12,14H2,1-4H3,(H,30,34)/t24?,27-/m0/s1. The van der Waals surface area contributed by atoms with Crippen molar-refractivity contribution in [1.82, 2.24) is 20.4 Å². The van der Waals surface area contributed by atoms with Crippen LogP contribution in [0.1, 0.15) is 64.6 Å². The molecule has 0 aliphatic carbocycles. The molecular weight excluding hydrogens is 424 g/mol. The zero-order valence-electron chi connectivity index (χ0n) is 20.4. The number of azo groups is 1. The molecule has 2 atom stereocenters. The molecule has 1 unspecified atom stereocenters. The molecule has 7 nitrogen and oxygen atoms in total. The average molecular weight is 457 g/mol. The number of rotatable bonds is 3. The maximum Gasteiger partial charge on any atom is 0.250 e. The Morgan fingerprint density at radius 2 is 2.09 bits per heavy atom. The number of allylic oxidation sites excluding steroid dienone is 1. The van der Waals surface area contributed by atoms with Gasteiger partial charge in [0.05, 0.1) is 22.9 Å². The van der Waals surface area contributed by atoms with Gasteiger partial charge in [-0.1, -0.05) is 25.1 Å². The van der Waals surface area contributed by atoms with Crippen molar-refractivity contribution < 1.29 is 4.79 Å². The quantitative estimate of drug-likeness (QED) is 0.699. The molecule has 1 amide bonds. The van der Waals surface area contributed by atoms with E-state index in [0.29, 0.717) is 0 Å². The first-order valence-electron chi connectivity index (χ1n) is 12.4. The normalized spacial score (nSPS) is 27.2. The zero-order valence-corrected chi connectivity index (χ0v) is 20.4. The minimum Gasteiger partial charge on any atom is -0.362 e. The number of hydrogen-bond donors (Lipinski definition) is 2. The minimum atomic E-state index is -0.581. The van der Waals surface area contributed by atoms with Gasteiger partial charge in [0.1, 0.15) is 0 Å². The number of nitrogens with one attached hydrogen (secondary N) is 2. The lowest BCUT2D eigenvalue weighted by Gasteiger charge is -2.48. The number of carbonyl (C=O) groups excluding carboxylic acids is 1. The summed E-state index contributed by atoms with van der Waals surface area (Å²) in [6.45, 7) is 9.32. The molecule has 176 valence electrons. The van der Waals surface area contributed by atoms with Gasteiger partial charge >= 0.3 is 0 Å². The third-order valence-corrected chi connectivity index (χ3v) is 7.96. The van der Waals surface area contributed by atoms with E-state index in [1.54, 1.807) is 0 Å². The lowest BCUT2D eigenvalue weighted by atomic mass is 9.61. The number of benzene rings is 1. The molecule has 0 bridgehead atoms. The first-order valence-corrected chi connectivity index (χ1v) is 12.4. The number of carbonyl (C=O) groups is 1. The number of aryl methyl sites for hydroxylation is 1. The molecule has 0 saturated carbocycles. The van der Waals surface area contributed by atoms with Crippen molar-refractivity contribution in [2.75, 3.05) is 0 Å². The largest absolute Gasteiger partial charge is 0.362 e. The van der Waals surface area contributed by atoms with Gasteiger partial charge in [-0.15, -0.1) is 0 Å². The van der Waals surface area contributed by atoms with Crippen molar-refractivity contribution in [3.8, 4) is 11.1 Å². The van der Waals surface area contributed by atoms with Crippen LogP contribution in [0.5, 0.6) is 0 Å². The van der Waals surface area contributed by atoms with E-state index in [2.05, 4.69) is 75.7 Å². The molecule has 0 fully saturated rings. The van der Waals surface area contributed by atoms with Gasteiger partial charge in [0, 0.05) is 41.0 Å². The summed E-state index contributed by atoms with van der Waals surface area (Å²) in [5, 5.41) is 20.5. The average Bonchev–Trinajstić information content (AvgIpc) is 3.41. The fourth-order valence-corrected chi connectivity index (χ4v) is 6.54. The molecule has 4 aliphatic rings. The van der Waals surface area contributed by atoms with Gasteiger partial charge in [-0.25, -0.2) is 0 Å². The van der Waals surface area contributed by atoms with Crippen LogP contribution in [0.4, 0.5) is 0 Å². The van der Waals surface area contributed by atoms with Crippen molar-refractivity contribution >= 4 is 5.91 Å². The highest BCUT2D eigenvalue weighted by Crippen LogP contribution is 2.53. The van der Waals surface area contributed by atoms with Gasteiger partial charge in [0.2, 0.25) is 0 Å². The van der Waals surface area contributed by atoms with E-state index in [9.17, 15) is 4.79 Å². The van der Waals surface area contributed by atoms with Crippen molar-refractivity contribution in [2.24, 2.45) is 10.2 Å². The molecule has 1 aromatic carbocycles. The van der Waals surface area contributed by atoms with Crippen LogP contribution in [0.15, 0.2) is 63.2 Å². The van der Waals surface area contributed by atoms with Crippen LogP contribution in [-0.2, 0) is 23.2 Å². The summed E-state index contributed by atoms with van der Waals surface area (Å²) in [7, 11) is 0. The Balaban J connectivity index is 1.57. The molecule has 4 aliphatic heterocycles. The van der Waals surface area contributed by atoms with Gasteiger partial charge in [-0.2, -0.15) is 15.3 Å². The lowest BCUT2D eigenvalue weighted by Crippen LogP contribution is -2.58. The molecule has 2 N–H and O–H groups in total. The van der Waals surface area contributed by atoms with Crippen LogP contribution in [0.3, 0.4) is 0 Å². The van der Waals surface area contributed by atoms with Crippen LogP contribution in [0, 0.1) is 0 Å². The summed E-state index contributed by atoms with van der Waals surface area (Å²) in [5.74, 6) is -0.000402.